The van der Waals surface area contributed by atoms with Gasteiger partial charge in [-0.2, -0.15) is 0 Å². The van der Waals surface area contributed by atoms with Crippen LogP contribution in [0.3, 0.4) is 0 Å². The number of para-hydroxylation sites is 2. The highest BCUT2D eigenvalue weighted by atomic mass is 16.5. The molecule has 0 aliphatic rings. The summed E-state index contributed by atoms with van der Waals surface area (Å²) in [6, 6.07) is 16.0. The van der Waals surface area contributed by atoms with Crippen molar-refractivity contribution in [3.63, 3.8) is 0 Å². The fraction of sp³-hybridized carbons (Fsp3) is 0.167. The molecule has 3 heteroatoms. The van der Waals surface area contributed by atoms with Crippen LogP contribution in [0.25, 0.3) is 22.2 Å². The van der Waals surface area contributed by atoms with Crippen molar-refractivity contribution in [2.24, 2.45) is 0 Å². The maximum Gasteiger partial charge on any atom is 0.145 e. The van der Waals surface area contributed by atoms with Crippen LogP contribution in [0, 0.1) is 6.92 Å². The van der Waals surface area contributed by atoms with Gasteiger partial charge >= 0.3 is 0 Å². The number of pyridine rings is 1. The van der Waals surface area contributed by atoms with Crippen molar-refractivity contribution in [3.8, 4) is 22.8 Å². The number of aromatic nitrogens is 1. The van der Waals surface area contributed by atoms with E-state index in [-0.39, 0.29) is 0 Å². The van der Waals surface area contributed by atoms with E-state index in [0.29, 0.717) is 0 Å². The minimum Gasteiger partial charge on any atom is -0.496 e. The minimum absolute atomic E-state index is 0.748. The average Bonchev–Trinajstić information content (AvgIpc) is 2.54. The molecule has 0 atom stereocenters. The van der Waals surface area contributed by atoms with Crippen molar-refractivity contribution in [1.82, 2.24) is 4.98 Å². The third-order valence-electron chi connectivity index (χ3n) is 3.59. The van der Waals surface area contributed by atoms with Gasteiger partial charge in [-0.25, -0.2) is 4.98 Å². The van der Waals surface area contributed by atoms with Gasteiger partial charge in [0, 0.05) is 10.9 Å². The first-order valence-electron chi connectivity index (χ1n) is 6.82. The van der Waals surface area contributed by atoms with E-state index in [1.165, 1.54) is 0 Å². The molecule has 0 fully saturated rings. The van der Waals surface area contributed by atoms with E-state index in [2.05, 4.69) is 13.0 Å². The molecule has 0 bridgehead atoms. The number of rotatable bonds is 3. The Bertz CT molecular complexity index is 796. The van der Waals surface area contributed by atoms with E-state index in [4.69, 9.17) is 14.5 Å². The Morgan fingerprint density at radius 3 is 2.38 bits per heavy atom. The number of ether oxygens (including phenoxy) is 2. The van der Waals surface area contributed by atoms with Crippen LogP contribution in [-0.2, 0) is 0 Å². The van der Waals surface area contributed by atoms with Crippen LogP contribution in [0.5, 0.6) is 11.5 Å². The molecule has 21 heavy (non-hydrogen) atoms. The molecule has 0 aliphatic carbocycles. The van der Waals surface area contributed by atoms with E-state index in [1.54, 1.807) is 14.2 Å². The second-order valence-electron chi connectivity index (χ2n) is 4.89. The van der Waals surface area contributed by atoms with Crippen molar-refractivity contribution in [1.29, 1.82) is 0 Å². The molecule has 0 aliphatic heterocycles. The van der Waals surface area contributed by atoms with Gasteiger partial charge in [0.1, 0.15) is 17.2 Å². The zero-order valence-corrected chi connectivity index (χ0v) is 12.4. The predicted octanol–water partition coefficient (Wildman–Crippen LogP) is 4.23. The average molecular weight is 279 g/mol. The largest absolute Gasteiger partial charge is 0.496 e. The summed E-state index contributed by atoms with van der Waals surface area (Å²) in [5.41, 5.74) is 3.87. The molecule has 0 N–H and O–H groups in total. The molecule has 0 unspecified atom stereocenters. The van der Waals surface area contributed by atoms with Crippen LogP contribution in [0.15, 0.2) is 48.5 Å². The maximum absolute atomic E-state index is 5.53. The van der Waals surface area contributed by atoms with Crippen LogP contribution in [-0.4, -0.2) is 19.2 Å². The summed E-state index contributed by atoms with van der Waals surface area (Å²) in [5.74, 6) is 1.54. The molecule has 3 aromatic rings. The number of hydrogen-bond acceptors (Lipinski definition) is 3. The van der Waals surface area contributed by atoms with Crippen LogP contribution in [0.4, 0.5) is 0 Å². The molecule has 0 spiro atoms. The van der Waals surface area contributed by atoms with Gasteiger partial charge in [-0.15, -0.1) is 0 Å². The first-order valence-corrected chi connectivity index (χ1v) is 6.82. The first-order chi connectivity index (χ1) is 10.2. The smallest absolute Gasteiger partial charge is 0.145 e. The van der Waals surface area contributed by atoms with Crippen LogP contribution >= 0.6 is 0 Å². The van der Waals surface area contributed by atoms with E-state index >= 15 is 0 Å². The number of methoxy groups -OCH3 is 2. The molecule has 2 aromatic carbocycles. The Hall–Kier alpha value is -2.55. The lowest BCUT2D eigenvalue weighted by Gasteiger charge is -2.13. The Labute approximate surface area is 124 Å². The van der Waals surface area contributed by atoms with Gasteiger partial charge < -0.3 is 9.47 Å². The molecule has 0 saturated carbocycles. The molecule has 1 heterocycles. The van der Waals surface area contributed by atoms with Gasteiger partial charge in [0.15, 0.2) is 0 Å². The molecule has 106 valence electrons. The Kier molecular flexibility index (Phi) is 3.48. The Morgan fingerprint density at radius 2 is 1.62 bits per heavy atom. The summed E-state index contributed by atoms with van der Waals surface area (Å²) in [6.45, 7) is 2.06. The summed E-state index contributed by atoms with van der Waals surface area (Å²) in [7, 11) is 3.33. The fourth-order valence-electron chi connectivity index (χ4n) is 2.52. The highest BCUT2D eigenvalue weighted by Crippen LogP contribution is 2.36. The summed E-state index contributed by atoms with van der Waals surface area (Å²) in [5, 5.41) is 1.07. The second-order valence-corrected chi connectivity index (χ2v) is 4.89. The number of aryl methyl sites for hydroxylation is 1. The van der Waals surface area contributed by atoms with Gasteiger partial charge in [-0.3, -0.25) is 0 Å². The number of fused-ring (bicyclic) bond motifs is 1. The van der Waals surface area contributed by atoms with Gasteiger partial charge in [0.05, 0.1) is 19.7 Å². The molecule has 0 amide bonds. The quantitative estimate of drug-likeness (QED) is 0.719. The summed E-state index contributed by atoms with van der Waals surface area (Å²) >= 11 is 0. The molecule has 1 aromatic heterocycles. The van der Waals surface area contributed by atoms with E-state index in [0.717, 1.165) is 39.2 Å². The van der Waals surface area contributed by atoms with Gasteiger partial charge in [-0.05, 0) is 30.7 Å². The SMILES string of the molecule is COc1ccccc1-c1nc2c(C)cccc2cc1OC. The summed E-state index contributed by atoms with van der Waals surface area (Å²) < 4.78 is 11.0. The van der Waals surface area contributed by atoms with Crippen molar-refractivity contribution in [2.45, 2.75) is 6.92 Å². The topological polar surface area (TPSA) is 31.4 Å². The lowest BCUT2D eigenvalue weighted by atomic mass is 10.1. The summed E-state index contributed by atoms with van der Waals surface area (Å²) in [4.78, 5) is 4.82. The van der Waals surface area contributed by atoms with E-state index in [1.807, 2.05) is 42.5 Å². The van der Waals surface area contributed by atoms with Crippen molar-refractivity contribution in [2.75, 3.05) is 14.2 Å². The highest BCUT2D eigenvalue weighted by Gasteiger charge is 2.14. The zero-order valence-electron chi connectivity index (χ0n) is 12.4. The highest BCUT2D eigenvalue weighted by molar-refractivity contribution is 5.88. The molecule has 0 saturated heterocycles. The van der Waals surface area contributed by atoms with Gasteiger partial charge in [0.2, 0.25) is 0 Å². The lowest BCUT2D eigenvalue weighted by Crippen LogP contribution is -1.96. The number of nitrogens with zero attached hydrogens (tertiary/aromatic N) is 1. The third-order valence-corrected chi connectivity index (χ3v) is 3.59. The third kappa shape index (κ3) is 2.31. The second kappa shape index (κ2) is 5.44. The fourth-order valence-corrected chi connectivity index (χ4v) is 2.52. The molecular formula is C18H17NO2. The minimum atomic E-state index is 0.748. The Morgan fingerprint density at radius 1 is 0.857 bits per heavy atom. The predicted molar refractivity (Wildman–Crippen MR) is 85.0 cm³/mol. The van der Waals surface area contributed by atoms with E-state index < -0.39 is 0 Å². The van der Waals surface area contributed by atoms with Crippen LogP contribution < -0.4 is 9.47 Å². The van der Waals surface area contributed by atoms with E-state index in [9.17, 15) is 0 Å². The first kappa shape index (κ1) is 13.4. The van der Waals surface area contributed by atoms with Crippen molar-refractivity contribution < 1.29 is 9.47 Å². The van der Waals surface area contributed by atoms with Gasteiger partial charge in [0.25, 0.3) is 0 Å². The maximum atomic E-state index is 5.53. The Balaban J connectivity index is 2.33. The monoisotopic (exact) mass is 279 g/mol. The molecule has 0 radical (unpaired) electrons. The summed E-state index contributed by atoms with van der Waals surface area (Å²) in [6.07, 6.45) is 0. The molecule has 3 rings (SSSR count). The van der Waals surface area contributed by atoms with Gasteiger partial charge in [-0.1, -0.05) is 30.3 Å². The van der Waals surface area contributed by atoms with Crippen LogP contribution in [0.2, 0.25) is 0 Å². The number of benzene rings is 2. The lowest BCUT2D eigenvalue weighted by molar-refractivity contribution is 0.409. The van der Waals surface area contributed by atoms with Crippen LogP contribution in [0.1, 0.15) is 5.56 Å². The standard InChI is InChI=1S/C18H17NO2/c1-12-7-6-8-13-11-16(21-3)18(19-17(12)13)14-9-4-5-10-15(14)20-2/h4-11H,1-3H3. The zero-order chi connectivity index (χ0) is 14.8. The molecule has 3 nitrogen and oxygen atoms in total. The van der Waals surface area contributed by atoms with Crippen molar-refractivity contribution >= 4 is 10.9 Å². The number of hydrogen-bond donors (Lipinski definition) is 0. The molecular weight excluding hydrogens is 262 g/mol. The normalized spacial score (nSPS) is 10.6. The van der Waals surface area contributed by atoms with Crippen molar-refractivity contribution in [3.05, 3.63) is 54.1 Å².